The van der Waals surface area contributed by atoms with E-state index in [0.29, 0.717) is 0 Å². The van der Waals surface area contributed by atoms with Gasteiger partial charge in [0.15, 0.2) is 5.65 Å². The Bertz CT molecular complexity index is 2960. The predicted molar refractivity (Wildman–Crippen MR) is 180 cm³/mol. The van der Waals surface area contributed by atoms with Gasteiger partial charge in [0.1, 0.15) is 16.7 Å². The molecule has 43 heavy (non-hydrogen) atoms. The molecule has 6 aromatic carbocycles. The van der Waals surface area contributed by atoms with Gasteiger partial charge in [-0.2, -0.15) is 0 Å². The molecule has 0 atom stereocenters. The van der Waals surface area contributed by atoms with Crippen molar-refractivity contribution < 1.29 is 4.42 Å². The van der Waals surface area contributed by atoms with Crippen LogP contribution in [0.15, 0.2) is 120 Å². The monoisotopic (exact) mass is 565 g/mol. The Morgan fingerprint density at radius 3 is 2.19 bits per heavy atom. The number of nitrogens with zero attached hydrogens (tertiary/aromatic N) is 3. The van der Waals surface area contributed by atoms with E-state index < -0.39 is 0 Å². The van der Waals surface area contributed by atoms with Gasteiger partial charge in [-0.15, -0.1) is 11.3 Å². The van der Waals surface area contributed by atoms with E-state index >= 15 is 0 Å². The summed E-state index contributed by atoms with van der Waals surface area (Å²) in [6.45, 7) is 0. The molecule has 5 heteroatoms. The van der Waals surface area contributed by atoms with E-state index in [4.69, 9.17) is 14.4 Å². The molecule has 0 aliphatic heterocycles. The number of rotatable bonds is 1. The Hall–Kier alpha value is -5.52. The molecule has 198 valence electrons. The van der Waals surface area contributed by atoms with Crippen molar-refractivity contribution in [3.05, 3.63) is 115 Å². The largest absolute Gasteiger partial charge is 0.456 e. The third-order valence-electron chi connectivity index (χ3n) is 9.09. The van der Waals surface area contributed by atoms with E-state index in [0.717, 1.165) is 65.9 Å². The van der Waals surface area contributed by atoms with Crippen LogP contribution in [0.3, 0.4) is 0 Å². The van der Waals surface area contributed by atoms with Crippen molar-refractivity contribution in [3.63, 3.8) is 0 Å². The Morgan fingerprint density at radius 1 is 0.512 bits per heavy atom. The second kappa shape index (κ2) is 7.65. The molecule has 5 aromatic heterocycles. The van der Waals surface area contributed by atoms with Crippen LogP contribution in [0.4, 0.5) is 0 Å². The molecule has 0 radical (unpaired) electrons. The minimum Gasteiger partial charge on any atom is -0.456 e. The number of aromatic nitrogens is 3. The predicted octanol–water partition coefficient (Wildman–Crippen LogP) is 10.7. The van der Waals surface area contributed by atoms with Gasteiger partial charge in [0.05, 0.1) is 22.1 Å². The van der Waals surface area contributed by atoms with Gasteiger partial charge in [-0.25, -0.2) is 9.97 Å². The molecular weight excluding hydrogens is 547 g/mol. The first-order chi connectivity index (χ1) is 21.3. The van der Waals surface area contributed by atoms with Gasteiger partial charge < -0.3 is 4.42 Å². The van der Waals surface area contributed by atoms with Crippen LogP contribution < -0.4 is 0 Å². The molecule has 0 saturated heterocycles. The van der Waals surface area contributed by atoms with Crippen molar-refractivity contribution in [2.24, 2.45) is 0 Å². The van der Waals surface area contributed by atoms with Crippen LogP contribution in [-0.2, 0) is 0 Å². The lowest BCUT2D eigenvalue weighted by atomic mass is 9.98. The lowest BCUT2D eigenvalue weighted by Gasteiger charge is -2.05. The Kier molecular flexibility index (Phi) is 3.94. The van der Waals surface area contributed by atoms with Gasteiger partial charge in [0.25, 0.3) is 0 Å². The summed E-state index contributed by atoms with van der Waals surface area (Å²) in [5.74, 6) is 0. The van der Waals surface area contributed by atoms with Gasteiger partial charge >= 0.3 is 0 Å². The first-order valence-corrected chi connectivity index (χ1v) is 15.2. The van der Waals surface area contributed by atoms with Crippen LogP contribution >= 0.6 is 11.3 Å². The van der Waals surface area contributed by atoms with Gasteiger partial charge in [-0.1, -0.05) is 54.6 Å². The summed E-state index contributed by atoms with van der Waals surface area (Å²) in [6.07, 6.45) is 0. The first-order valence-electron chi connectivity index (χ1n) is 14.4. The highest BCUT2D eigenvalue weighted by Gasteiger charge is 2.23. The second-order valence-corrected chi connectivity index (χ2v) is 12.5. The highest BCUT2D eigenvalue weighted by atomic mass is 32.1. The number of fused-ring (bicyclic) bond motifs is 13. The molecule has 0 saturated carbocycles. The van der Waals surface area contributed by atoms with Gasteiger partial charge in [-0.3, -0.25) is 4.40 Å². The van der Waals surface area contributed by atoms with E-state index in [9.17, 15) is 0 Å². The number of furan rings is 1. The Balaban J connectivity index is 1.32. The lowest BCUT2D eigenvalue weighted by Crippen LogP contribution is -1.88. The number of para-hydroxylation sites is 3. The number of benzene rings is 6. The summed E-state index contributed by atoms with van der Waals surface area (Å²) in [5, 5.41) is 8.30. The molecule has 4 nitrogen and oxygen atoms in total. The van der Waals surface area contributed by atoms with Crippen molar-refractivity contribution in [2.75, 3.05) is 0 Å². The first kappa shape index (κ1) is 22.1. The molecule has 0 amide bonds. The minimum atomic E-state index is 0.886. The maximum Gasteiger partial charge on any atom is 0.165 e. The molecule has 5 heterocycles. The summed E-state index contributed by atoms with van der Waals surface area (Å²) in [5.41, 5.74) is 10.1. The lowest BCUT2D eigenvalue weighted by molar-refractivity contribution is 0.669. The zero-order valence-corrected chi connectivity index (χ0v) is 23.4. The normalized spacial score (nSPS) is 12.7. The van der Waals surface area contributed by atoms with Crippen LogP contribution in [0.1, 0.15) is 0 Å². The molecule has 11 aromatic rings. The fourth-order valence-corrected chi connectivity index (χ4v) is 8.25. The number of hydrogen-bond acceptors (Lipinski definition) is 4. The Labute approximate surface area is 247 Å². The van der Waals surface area contributed by atoms with Crippen molar-refractivity contribution in [3.8, 4) is 11.1 Å². The van der Waals surface area contributed by atoms with Crippen LogP contribution in [-0.4, -0.2) is 14.4 Å². The highest BCUT2D eigenvalue weighted by molar-refractivity contribution is 7.25. The summed E-state index contributed by atoms with van der Waals surface area (Å²) >= 11 is 1.85. The smallest absolute Gasteiger partial charge is 0.165 e. The third-order valence-corrected chi connectivity index (χ3v) is 10.2. The fraction of sp³-hybridized carbons (Fsp3) is 0. The standard InChI is InChI=1S/C38H19N3OS/c1-5-11-32-22(7-1)25-18-31-24(19-33(25)42-32)27-16-21(20-13-14-35-26(15-20)23-8-2-6-12-34(23)43-35)17-28-36-38(41(31)37(27)28)40-30-10-4-3-9-29(30)39-36/h1-19H. The molecule has 0 unspecified atom stereocenters. The van der Waals surface area contributed by atoms with E-state index in [-0.39, 0.29) is 0 Å². The van der Waals surface area contributed by atoms with E-state index in [1.165, 1.54) is 36.7 Å². The van der Waals surface area contributed by atoms with Crippen molar-refractivity contribution in [1.29, 1.82) is 0 Å². The van der Waals surface area contributed by atoms with Crippen LogP contribution in [0, 0.1) is 0 Å². The summed E-state index contributed by atoms with van der Waals surface area (Å²) in [7, 11) is 0. The third kappa shape index (κ3) is 2.80. The Morgan fingerprint density at radius 2 is 1.26 bits per heavy atom. The summed E-state index contributed by atoms with van der Waals surface area (Å²) in [4.78, 5) is 10.4. The van der Waals surface area contributed by atoms with E-state index in [2.05, 4.69) is 83.3 Å². The molecule has 0 N–H and O–H groups in total. The molecule has 0 aliphatic carbocycles. The molecule has 0 fully saturated rings. The van der Waals surface area contributed by atoms with E-state index in [1.54, 1.807) is 0 Å². The highest BCUT2D eigenvalue weighted by Crippen LogP contribution is 2.44. The average Bonchev–Trinajstić information content (AvgIpc) is 3.78. The SMILES string of the molecule is c1ccc2nc3c(nc2c1)c1cc(-c2ccc4sc5ccccc5c4c2)cc2c4cc5oc6ccccc6c5cc4n3c21. The molecule has 11 rings (SSSR count). The molecule has 0 bridgehead atoms. The van der Waals surface area contributed by atoms with Crippen LogP contribution in [0.2, 0.25) is 0 Å². The van der Waals surface area contributed by atoms with Crippen molar-refractivity contribution in [2.45, 2.75) is 0 Å². The van der Waals surface area contributed by atoms with Crippen LogP contribution in [0.5, 0.6) is 0 Å². The van der Waals surface area contributed by atoms with Gasteiger partial charge in [-0.05, 0) is 71.8 Å². The van der Waals surface area contributed by atoms with Gasteiger partial charge in [0.2, 0.25) is 0 Å². The summed E-state index contributed by atoms with van der Waals surface area (Å²) < 4.78 is 11.3. The van der Waals surface area contributed by atoms with Crippen LogP contribution in [0.25, 0.3) is 103 Å². The van der Waals surface area contributed by atoms with Gasteiger partial charge in [0, 0.05) is 47.1 Å². The maximum atomic E-state index is 6.35. The second-order valence-electron chi connectivity index (χ2n) is 11.4. The van der Waals surface area contributed by atoms with Crippen molar-refractivity contribution in [1.82, 2.24) is 14.4 Å². The molecular formula is C38H19N3OS. The molecule has 0 spiro atoms. The van der Waals surface area contributed by atoms with Crippen molar-refractivity contribution >= 4 is 103 Å². The maximum absolute atomic E-state index is 6.35. The zero-order valence-electron chi connectivity index (χ0n) is 22.6. The quantitative estimate of drug-likeness (QED) is 0.199. The topological polar surface area (TPSA) is 43.3 Å². The number of hydrogen-bond donors (Lipinski definition) is 0. The molecule has 0 aliphatic rings. The number of thiophene rings is 1. The minimum absolute atomic E-state index is 0.886. The average molecular weight is 566 g/mol. The summed E-state index contributed by atoms with van der Waals surface area (Å²) in [6, 6.07) is 41.1. The zero-order chi connectivity index (χ0) is 27.8. The van der Waals surface area contributed by atoms with E-state index in [1.807, 2.05) is 47.7 Å². The fourth-order valence-electron chi connectivity index (χ4n) is 7.16.